The molecule has 20 heavy (non-hydrogen) atoms. The van der Waals surface area contributed by atoms with E-state index in [0.29, 0.717) is 6.54 Å². The minimum atomic E-state index is -1.57. The Morgan fingerprint density at radius 3 is 2.20 bits per heavy atom. The average molecular weight is 339 g/mol. The van der Waals surface area contributed by atoms with Crippen molar-refractivity contribution in [1.82, 2.24) is 5.32 Å². The van der Waals surface area contributed by atoms with Gasteiger partial charge in [0.05, 0.1) is 0 Å². The first-order valence-corrected chi connectivity index (χ1v) is 7.49. The lowest BCUT2D eigenvalue weighted by atomic mass is 9.95. The fourth-order valence-corrected chi connectivity index (χ4v) is 1.93. The van der Waals surface area contributed by atoms with Gasteiger partial charge in [0.15, 0.2) is 0 Å². The summed E-state index contributed by atoms with van der Waals surface area (Å²) < 4.78 is -1.57. The molecule has 1 aromatic carbocycles. The van der Waals surface area contributed by atoms with Crippen LogP contribution >= 0.6 is 34.8 Å². The van der Waals surface area contributed by atoms with Gasteiger partial charge in [-0.3, -0.25) is 4.79 Å². The fraction of sp³-hybridized carbons (Fsp3) is 0.500. The van der Waals surface area contributed by atoms with Crippen LogP contribution in [-0.2, 0) is 11.3 Å². The second kappa shape index (κ2) is 6.99. The van der Waals surface area contributed by atoms with Crippen molar-refractivity contribution in [2.75, 3.05) is 0 Å². The van der Waals surface area contributed by atoms with Gasteiger partial charge in [0.25, 0.3) is 3.79 Å². The molecule has 1 rings (SSSR count). The van der Waals surface area contributed by atoms with E-state index in [1.165, 1.54) is 0 Å². The normalized spacial score (nSPS) is 13.9. The van der Waals surface area contributed by atoms with Crippen LogP contribution in [0.15, 0.2) is 30.3 Å². The molecule has 0 fully saturated rings. The molecule has 3 N–H and O–H groups in total. The van der Waals surface area contributed by atoms with E-state index in [-0.39, 0.29) is 5.91 Å². The quantitative estimate of drug-likeness (QED) is 0.643. The molecule has 0 bridgehead atoms. The van der Waals surface area contributed by atoms with Gasteiger partial charge in [-0.05, 0) is 0 Å². The standard InChI is InChI=1S/C14H19Cl3N2O/c1-13(2,3)12(20)19-11(14(15,16)17)18-9-10-7-5-4-6-8-10/h4-8,11,18H,9H2,1-3H3,(H,19,20)/p+1/t11-/m0/s1. The van der Waals surface area contributed by atoms with Gasteiger partial charge >= 0.3 is 0 Å². The molecule has 0 aromatic heterocycles. The number of amides is 1. The highest BCUT2D eigenvalue weighted by Gasteiger charge is 2.39. The second-order valence-electron chi connectivity index (χ2n) is 5.67. The lowest BCUT2D eigenvalue weighted by molar-refractivity contribution is -0.707. The minimum absolute atomic E-state index is 0.155. The third kappa shape index (κ3) is 5.88. The van der Waals surface area contributed by atoms with Crippen LogP contribution < -0.4 is 10.6 Å². The van der Waals surface area contributed by atoms with Crippen LogP contribution in [0.4, 0.5) is 0 Å². The van der Waals surface area contributed by atoms with E-state index in [2.05, 4.69) is 5.32 Å². The summed E-state index contributed by atoms with van der Waals surface area (Å²) in [6, 6.07) is 9.80. The number of hydrogen-bond acceptors (Lipinski definition) is 1. The predicted molar refractivity (Wildman–Crippen MR) is 83.7 cm³/mol. The van der Waals surface area contributed by atoms with Crippen molar-refractivity contribution in [3.05, 3.63) is 35.9 Å². The van der Waals surface area contributed by atoms with E-state index in [4.69, 9.17) is 34.8 Å². The number of halogens is 3. The van der Waals surface area contributed by atoms with Crippen molar-refractivity contribution in [2.45, 2.75) is 37.3 Å². The number of quaternary nitrogens is 1. The molecule has 3 nitrogen and oxygen atoms in total. The van der Waals surface area contributed by atoms with Gasteiger partial charge in [0.1, 0.15) is 6.54 Å². The molecule has 0 heterocycles. The first-order valence-electron chi connectivity index (χ1n) is 6.35. The second-order valence-corrected chi connectivity index (χ2v) is 8.04. The molecule has 1 atom stereocenters. The summed E-state index contributed by atoms with van der Waals surface area (Å²) in [6.45, 7) is 6.06. The maximum atomic E-state index is 12.0. The topological polar surface area (TPSA) is 45.7 Å². The van der Waals surface area contributed by atoms with Crippen LogP contribution in [0, 0.1) is 5.41 Å². The van der Waals surface area contributed by atoms with Crippen LogP contribution in [0.1, 0.15) is 26.3 Å². The molecule has 1 aromatic rings. The lowest BCUT2D eigenvalue weighted by Crippen LogP contribution is -2.95. The summed E-state index contributed by atoms with van der Waals surface area (Å²) in [6.07, 6.45) is -0.639. The average Bonchev–Trinajstić information content (AvgIpc) is 2.32. The molecular formula is C14H20Cl3N2O+. The van der Waals surface area contributed by atoms with E-state index < -0.39 is 15.4 Å². The zero-order valence-corrected chi connectivity index (χ0v) is 14.1. The Labute approximate surface area is 135 Å². The molecular weight excluding hydrogens is 319 g/mol. The number of alkyl halides is 3. The molecule has 0 aliphatic heterocycles. The van der Waals surface area contributed by atoms with Gasteiger partial charge in [-0.1, -0.05) is 85.9 Å². The smallest absolute Gasteiger partial charge is 0.262 e. The zero-order valence-electron chi connectivity index (χ0n) is 11.8. The lowest BCUT2D eigenvalue weighted by Gasteiger charge is -2.27. The fourth-order valence-electron chi connectivity index (χ4n) is 1.50. The molecule has 0 aliphatic rings. The highest BCUT2D eigenvalue weighted by atomic mass is 35.6. The molecule has 0 aliphatic carbocycles. The number of benzene rings is 1. The third-order valence-electron chi connectivity index (χ3n) is 2.75. The van der Waals surface area contributed by atoms with Gasteiger partial charge in [-0.2, -0.15) is 0 Å². The van der Waals surface area contributed by atoms with E-state index in [1.807, 2.05) is 56.4 Å². The van der Waals surface area contributed by atoms with Gasteiger partial charge in [0.2, 0.25) is 12.1 Å². The predicted octanol–water partition coefficient (Wildman–Crippen LogP) is 2.61. The Kier molecular flexibility index (Phi) is 6.14. The van der Waals surface area contributed by atoms with Crippen LogP contribution in [0.5, 0.6) is 0 Å². The van der Waals surface area contributed by atoms with Crippen LogP contribution in [-0.4, -0.2) is 15.9 Å². The van der Waals surface area contributed by atoms with Crippen molar-refractivity contribution in [3.8, 4) is 0 Å². The molecule has 0 saturated carbocycles. The number of hydrogen-bond donors (Lipinski definition) is 2. The van der Waals surface area contributed by atoms with E-state index in [0.717, 1.165) is 5.56 Å². The maximum Gasteiger partial charge on any atom is 0.262 e. The van der Waals surface area contributed by atoms with Crippen LogP contribution in [0.2, 0.25) is 0 Å². The van der Waals surface area contributed by atoms with Crippen LogP contribution in [0.25, 0.3) is 0 Å². The Morgan fingerprint density at radius 1 is 1.20 bits per heavy atom. The van der Waals surface area contributed by atoms with Gasteiger partial charge in [-0.15, -0.1) is 0 Å². The first-order chi connectivity index (χ1) is 9.10. The van der Waals surface area contributed by atoms with Gasteiger partial charge < -0.3 is 10.6 Å². The number of carbonyl (C=O) groups excluding carboxylic acids is 1. The summed E-state index contributed by atoms with van der Waals surface area (Å²) in [5.41, 5.74) is 0.561. The van der Waals surface area contributed by atoms with Gasteiger partial charge in [-0.25, -0.2) is 0 Å². The first kappa shape index (κ1) is 17.6. The summed E-state index contributed by atoms with van der Waals surface area (Å²) >= 11 is 17.8. The number of carbonyl (C=O) groups is 1. The molecule has 0 saturated heterocycles. The highest BCUT2D eigenvalue weighted by molar-refractivity contribution is 6.68. The zero-order chi connectivity index (χ0) is 15.4. The van der Waals surface area contributed by atoms with E-state index in [9.17, 15) is 4.79 Å². The SMILES string of the molecule is CC(C)(C)C(=O)N[C@H]([NH2+]Cc1ccccc1)C(Cl)(Cl)Cl. The van der Waals surface area contributed by atoms with Crippen molar-refractivity contribution < 1.29 is 10.1 Å². The molecule has 1 amide bonds. The molecule has 112 valence electrons. The Bertz CT molecular complexity index is 438. The summed E-state index contributed by atoms with van der Waals surface area (Å²) in [5, 5.41) is 4.59. The number of rotatable bonds is 4. The van der Waals surface area contributed by atoms with Crippen molar-refractivity contribution in [2.24, 2.45) is 5.41 Å². The van der Waals surface area contributed by atoms with E-state index in [1.54, 1.807) is 0 Å². The largest absolute Gasteiger partial charge is 0.319 e. The van der Waals surface area contributed by atoms with Crippen LogP contribution in [0.3, 0.4) is 0 Å². The van der Waals surface area contributed by atoms with Gasteiger partial charge in [0, 0.05) is 11.0 Å². The molecule has 0 radical (unpaired) electrons. The van der Waals surface area contributed by atoms with Crippen molar-refractivity contribution in [1.29, 1.82) is 0 Å². The summed E-state index contributed by atoms with van der Waals surface area (Å²) in [5.74, 6) is -0.155. The van der Waals surface area contributed by atoms with Crippen molar-refractivity contribution in [3.63, 3.8) is 0 Å². The summed E-state index contributed by atoms with van der Waals surface area (Å²) in [7, 11) is 0. The minimum Gasteiger partial charge on any atom is -0.319 e. The molecule has 6 heteroatoms. The van der Waals surface area contributed by atoms with E-state index >= 15 is 0 Å². The Morgan fingerprint density at radius 2 is 1.75 bits per heavy atom. The summed E-state index contributed by atoms with van der Waals surface area (Å²) in [4.78, 5) is 12.0. The van der Waals surface area contributed by atoms with Crippen molar-refractivity contribution >= 4 is 40.7 Å². The highest BCUT2D eigenvalue weighted by Crippen LogP contribution is 2.28. The molecule has 0 unspecified atom stereocenters. The number of nitrogens with two attached hydrogens (primary N) is 1. The molecule has 0 spiro atoms. The Balaban J connectivity index is 2.69. The number of nitrogens with one attached hydrogen (secondary N) is 1. The Hall–Kier alpha value is -0.480. The third-order valence-corrected chi connectivity index (χ3v) is 3.46. The maximum absolute atomic E-state index is 12.0. The monoisotopic (exact) mass is 337 g/mol.